The number of halogens is 1. The summed E-state index contributed by atoms with van der Waals surface area (Å²) in [5.41, 5.74) is 0. The van der Waals surface area contributed by atoms with Gasteiger partial charge in [0.1, 0.15) is 0 Å². The Labute approximate surface area is 68.4 Å². The number of hydrogen-bond acceptors (Lipinski definition) is 2. The molecule has 0 bridgehead atoms. The van der Waals surface area contributed by atoms with E-state index in [1.54, 1.807) is 0 Å². The van der Waals surface area contributed by atoms with Gasteiger partial charge in [-0.3, -0.25) is 0 Å². The minimum atomic E-state index is 0. The Bertz CT molecular complexity index is 106. The second-order valence-electron chi connectivity index (χ2n) is 3.40. The van der Waals surface area contributed by atoms with Crippen molar-refractivity contribution in [1.29, 1.82) is 0 Å². The molecule has 1 N–H and O–H groups in total. The largest absolute Gasteiger partial charge is 0.316 e. The summed E-state index contributed by atoms with van der Waals surface area (Å²) in [7, 11) is 2.22. The van der Waals surface area contributed by atoms with Crippen molar-refractivity contribution < 1.29 is 0 Å². The van der Waals surface area contributed by atoms with Crippen molar-refractivity contribution >= 4 is 12.4 Å². The monoisotopic (exact) mass is 162 g/mol. The van der Waals surface area contributed by atoms with Crippen molar-refractivity contribution in [1.82, 2.24) is 10.2 Å². The third-order valence-electron chi connectivity index (χ3n) is 2.57. The molecule has 2 rings (SSSR count). The first kappa shape index (κ1) is 8.31. The van der Waals surface area contributed by atoms with Gasteiger partial charge in [0.2, 0.25) is 0 Å². The van der Waals surface area contributed by atoms with Gasteiger partial charge in [0, 0.05) is 13.1 Å². The summed E-state index contributed by atoms with van der Waals surface area (Å²) in [4.78, 5) is 2.44. The van der Waals surface area contributed by atoms with Gasteiger partial charge in [-0.15, -0.1) is 12.4 Å². The van der Waals surface area contributed by atoms with Gasteiger partial charge in [0.15, 0.2) is 0 Å². The van der Waals surface area contributed by atoms with Gasteiger partial charge in [-0.2, -0.15) is 0 Å². The van der Waals surface area contributed by atoms with Crippen molar-refractivity contribution in [2.24, 2.45) is 11.8 Å². The zero-order chi connectivity index (χ0) is 6.27. The van der Waals surface area contributed by atoms with Gasteiger partial charge < -0.3 is 10.2 Å². The van der Waals surface area contributed by atoms with Crippen LogP contribution in [-0.4, -0.2) is 38.1 Å². The van der Waals surface area contributed by atoms with Crippen molar-refractivity contribution in [3.05, 3.63) is 0 Å². The molecule has 2 fully saturated rings. The Morgan fingerprint density at radius 2 is 1.70 bits per heavy atom. The molecule has 2 nitrogen and oxygen atoms in total. The molecule has 0 amide bonds. The van der Waals surface area contributed by atoms with Crippen LogP contribution >= 0.6 is 12.4 Å². The van der Waals surface area contributed by atoms with Crippen molar-refractivity contribution in [3.63, 3.8) is 0 Å². The Hall–Kier alpha value is 0.210. The van der Waals surface area contributed by atoms with E-state index in [1.807, 2.05) is 0 Å². The van der Waals surface area contributed by atoms with Gasteiger partial charge in [0.05, 0.1) is 0 Å². The average Bonchev–Trinajstić information content (AvgIpc) is 2.22. The van der Waals surface area contributed by atoms with E-state index >= 15 is 0 Å². The van der Waals surface area contributed by atoms with E-state index in [0.29, 0.717) is 0 Å². The molecule has 2 aliphatic rings. The number of fused-ring (bicyclic) bond motifs is 1. The average molecular weight is 163 g/mol. The SMILES string of the molecule is CN1C[C@H]2CNC[C@H]2C1.Cl. The number of likely N-dealkylation sites (tertiary alicyclic amines) is 1. The highest BCUT2D eigenvalue weighted by molar-refractivity contribution is 5.85. The van der Waals surface area contributed by atoms with E-state index in [-0.39, 0.29) is 12.4 Å². The highest BCUT2D eigenvalue weighted by Gasteiger charge is 2.33. The maximum Gasteiger partial charge on any atom is 0.00225 e. The molecule has 2 aliphatic heterocycles. The normalized spacial score (nSPS) is 39.3. The quantitative estimate of drug-likeness (QED) is 0.547. The molecule has 0 aromatic heterocycles. The van der Waals surface area contributed by atoms with Crippen LogP contribution in [0.5, 0.6) is 0 Å². The first-order valence-electron chi connectivity index (χ1n) is 3.75. The summed E-state index contributed by atoms with van der Waals surface area (Å²) < 4.78 is 0. The van der Waals surface area contributed by atoms with Crippen molar-refractivity contribution in [3.8, 4) is 0 Å². The maximum atomic E-state index is 3.42. The van der Waals surface area contributed by atoms with Crippen LogP contribution in [-0.2, 0) is 0 Å². The van der Waals surface area contributed by atoms with Crippen molar-refractivity contribution in [2.75, 3.05) is 33.2 Å². The molecular weight excluding hydrogens is 148 g/mol. The van der Waals surface area contributed by atoms with Crippen LogP contribution in [0.25, 0.3) is 0 Å². The molecule has 2 heterocycles. The molecule has 60 valence electrons. The fourth-order valence-corrected chi connectivity index (χ4v) is 2.09. The van der Waals surface area contributed by atoms with Crippen molar-refractivity contribution in [2.45, 2.75) is 0 Å². The highest BCUT2D eigenvalue weighted by Crippen LogP contribution is 2.24. The summed E-state index contributed by atoms with van der Waals surface area (Å²) in [5.74, 6) is 1.94. The number of rotatable bonds is 0. The molecular formula is C7H15ClN2. The Balaban J connectivity index is 0.000000500. The molecule has 0 unspecified atom stereocenters. The molecule has 2 saturated heterocycles. The van der Waals surface area contributed by atoms with Gasteiger partial charge in [-0.1, -0.05) is 0 Å². The zero-order valence-corrected chi connectivity index (χ0v) is 7.16. The lowest BCUT2D eigenvalue weighted by Gasteiger charge is -2.07. The van der Waals surface area contributed by atoms with Gasteiger partial charge in [-0.05, 0) is 32.0 Å². The first-order valence-corrected chi connectivity index (χ1v) is 3.75. The van der Waals surface area contributed by atoms with E-state index in [4.69, 9.17) is 0 Å². The van der Waals surface area contributed by atoms with Gasteiger partial charge in [0.25, 0.3) is 0 Å². The fraction of sp³-hybridized carbons (Fsp3) is 1.00. The third kappa shape index (κ3) is 1.29. The minimum absolute atomic E-state index is 0. The van der Waals surface area contributed by atoms with Gasteiger partial charge in [-0.25, -0.2) is 0 Å². The summed E-state index contributed by atoms with van der Waals surface area (Å²) in [6.07, 6.45) is 0. The Kier molecular flexibility index (Phi) is 2.55. The van der Waals surface area contributed by atoms with Crippen LogP contribution in [0, 0.1) is 11.8 Å². The molecule has 0 aromatic carbocycles. The van der Waals surface area contributed by atoms with E-state index < -0.39 is 0 Å². The van der Waals surface area contributed by atoms with E-state index in [9.17, 15) is 0 Å². The lowest BCUT2D eigenvalue weighted by Crippen LogP contribution is -2.21. The topological polar surface area (TPSA) is 15.3 Å². The lowest BCUT2D eigenvalue weighted by atomic mass is 10.0. The molecule has 0 spiro atoms. The molecule has 0 aromatic rings. The first-order chi connectivity index (χ1) is 4.36. The molecule has 3 heteroatoms. The summed E-state index contributed by atoms with van der Waals surface area (Å²) in [6.45, 7) is 5.15. The second kappa shape index (κ2) is 3.07. The molecule has 0 radical (unpaired) electrons. The zero-order valence-electron chi connectivity index (χ0n) is 6.34. The maximum absolute atomic E-state index is 3.42. The van der Waals surface area contributed by atoms with Crippen LogP contribution in [0.3, 0.4) is 0 Å². The summed E-state index contributed by atoms with van der Waals surface area (Å²) >= 11 is 0. The van der Waals surface area contributed by atoms with E-state index in [1.165, 1.54) is 26.2 Å². The Morgan fingerprint density at radius 3 is 2.20 bits per heavy atom. The smallest absolute Gasteiger partial charge is 0.00225 e. The standard InChI is InChI=1S/C7H14N2.ClH/c1-9-4-6-2-8-3-7(6)5-9;/h6-8H,2-5H2,1H3;1H/t6-,7+;. The summed E-state index contributed by atoms with van der Waals surface area (Å²) in [6, 6.07) is 0. The van der Waals surface area contributed by atoms with E-state index in [0.717, 1.165) is 11.8 Å². The number of nitrogens with zero attached hydrogens (tertiary/aromatic N) is 1. The minimum Gasteiger partial charge on any atom is -0.316 e. The molecule has 2 atom stereocenters. The van der Waals surface area contributed by atoms with E-state index in [2.05, 4.69) is 17.3 Å². The van der Waals surface area contributed by atoms with Crippen LogP contribution in [0.15, 0.2) is 0 Å². The number of hydrogen-bond donors (Lipinski definition) is 1. The molecule has 0 saturated carbocycles. The van der Waals surface area contributed by atoms with Crippen LogP contribution in [0.2, 0.25) is 0 Å². The lowest BCUT2D eigenvalue weighted by molar-refractivity contribution is 0.382. The number of nitrogens with one attached hydrogen (secondary N) is 1. The van der Waals surface area contributed by atoms with Crippen LogP contribution in [0.1, 0.15) is 0 Å². The van der Waals surface area contributed by atoms with Crippen LogP contribution < -0.4 is 5.32 Å². The van der Waals surface area contributed by atoms with Gasteiger partial charge >= 0.3 is 0 Å². The molecule has 0 aliphatic carbocycles. The van der Waals surface area contributed by atoms with Crippen LogP contribution in [0.4, 0.5) is 0 Å². The molecule has 10 heavy (non-hydrogen) atoms. The predicted molar refractivity (Wildman–Crippen MR) is 44.6 cm³/mol. The predicted octanol–water partition coefficient (Wildman–Crippen LogP) is 0.189. The Morgan fingerprint density at radius 1 is 1.20 bits per heavy atom. The summed E-state index contributed by atoms with van der Waals surface area (Å²) in [5, 5.41) is 3.42. The third-order valence-corrected chi connectivity index (χ3v) is 2.57. The highest BCUT2D eigenvalue weighted by atomic mass is 35.5. The fourth-order valence-electron chi connectivity index (χ4n) is 2.09. The second-order valence-corrected chi connectivity index (χ2v) is 3.40.